The molecular weight excluding hydrogens is 238 g/mol. The molecule has 0 amide bonds. The predicted molar refractivity (Wildman–Crippen MR) is 74.9 cm³/mol. The van der Waals surface area contributed by atoms with E-state index in [9.17, 15) is 9.90 Å². The third-order valence-corrected chi connectivity index (χ3v) is 6.04. The second kappa shape index (κ2) is 4.76. The fraction of sp³-hybridized carbons (Fsp3) is 0.938. The quantitative estimate of drug-likeness (QED) is 0.853. The zero-order chi connectivity index (χ0) is 13.6. The fourth-order valence-corrected chi connectivity index (χ4v) is 4.40. The Morgan fingerprint density at radius 1 is 1.21 bits per heavy atom. The maximum atomic E-state index is 11.5. The van der Waals surface area contributed by atoms with E-state index >= 15 is 0 Å². The molecule has 0 radical (unpaired) electrons. The van der Waals surface area contributed by atoms with E-state index < -0.39 is 11.4 Å². The van der Waals surface area contributed by atoms with E-state index in [0.717, 1.165) is 30.8 Å². The van der Waals surface area contributed by atoms with Crippen LogP contribution in [-0.4, -0.2) is 35.1 Å². The summed E-state index contributed by atoms with van der Waals surface area (Å²) in [5, 5.41) is 9.43. The molecule has 2 aliphatic carbocycles. The third-order valence-electron chi connectivity index (χ3n) is 6.04. The molecule has 1 heterocycles. The highest BCUT2D eigenvalue weighted by molar-refractivity contribution is 5.74. The molecule has 0 spiro atoms. The van der Waals surface area contributed by atoms with Crippen LogP contribution in [0, 0.1) is 23.2 Å². The number of carboxylic acids is 1. The molecule has 4 atom stereocenters. The average Bonchev–Trinajstić information content (AvgIpc) is 3.17. The zero-order valence-electron chi connectivity index (χ0n) is 12.3. The predicted octanol–water partition coefficient (Wildman–Crippen LogP) is 3.00. The number of piperidine rings is 1. The molecule has 0 aromatic rings. The van der Waals surface area contributed by atoms with Crippen LogP contribution in [-0.2, 0) is 4.79 Å². The van der Waals surface area contributed by atoms with Crippen LogP contribution < -0.4 is 0 Å². The molecule has 3 fully saturated rings. The van der Waals surface area contributed by atoms with E-state index in [1.165, 1.54) is 38.6 Å². The Hall–Kier alpha value is -0.570. The number of aliphatic carboxylic acids is 1. The molecule has 108 valence electrons. The summed E-state index contributed by atoms with van der Waals surface area (Å²) in [7, 11) is 0. The van der Waals surface area contributed by atoms with Crippen LogP contribution in [0.2, 0.25) is 0 Å². The second-order valence-corrected chi connectivity index (χ2v) is 7.52. The number of hydrogen-bond donors (Lipinski definition) is 1. The van der Waals surface area contributed by atoms with Gasteiger partial charge in [-0.3, -0.25) is 9.69 Å². The number of hydrogen-bond acceptors (Lipinski definition) is 2. The number of fused-ring (bicyclic) bond motifs is 1. The van der Waals surface area contributed by atoms with Gasteiger partial charge in [0.05, 0.1) is 5.41 Å². The second-order valence-electron chi connectivity index (χ2n) is 7.52. The monoisotopic (exact) mass is 265 g/mol. The van der Waals surface area contributed by atoms with Gasteiger partial charge in [-0.1, -0.05) is 12.8 Å². The first kappa shape index (κ1) is 13.4. The Morgan fingerprint density at radius 3 is 2.74 bits per heavy atom. The number of carboxylic acid groups (broad SMARTS) is 1. The van der Waals surface area contributed by atoms with Crippen LogP contribution in [0.4, 0.5) is 0 Å². The van der Waals surface area contributed by atoms with Crippen LogP contribution in [0.3, 0.4) is 0 Å². The minimum atomic E-state index is -0.632. The Kier molecular flexibility index (Phi) is 3.36. The largest absolute Gasteiger partial charge is 0.481 e. The SMILES string of the molecule is CC(C)(C(=O)O)C1CCCN(C2CCCC3CC32)C1. The molecule has 2 saturated carbocycles. The lowest BCUT2D eigenvalue weighted by Crippen LogP contribution is -2.49. The standard InChI is InChI=1S/C16H27NO2/c1-16(2,15(18)19)12-6-4-8-17(10-12)14-7-3-5-11-9-13(11)14/h11-14H,3-10H2,1-2H3,(H,18,19). The normalized spacial score (nSPS) is 39.7. The maximum Gasteiger partial charge on any atom is 0.309 e. The van der Waals surface area contributed by atoms with Crippen LogP contribution in [0.15, 0.2) is 0 Å². The Balaban J connectivity index is 1.66. The van der Waals surface area contributed by atoms with Crippen molar-refractivity contribution in [2.45, 2.75) is 58.4 Å². The first-order valence-corrected chi connectivity index (χ1v) is 7.97. The highest BCUT2D eigenvalue weighted by Crippen LogP contribution is 2.52. The van der Waals surface area contributed by atoms with E-state index in [-0.39, 0.29) is 0 Å². The molecule has 0 aromatic carbocycles. The highest BCUT2D eigenvalue weighted by Gasteiger charge is 2.49. The van der Waals surface area contributed by atoms with Crippen molar-refractivity contribution in [1.82, 2.24) is 4.90 Å². The summed E-state index contributed by atoms with van der Waals surface area (Å²) in [5.74, 6) is 1.64. The summed E-state index contributed by atoms with van der Waals surface area (Å²) in [6, 6.07) is 0.770. The summed E-state index contributed by atoms with van der Waals surface area (Å²) in [6.07, 6.45) is 7.87. The van der Waals surface area contributed by atoms with Crippen LogP contribution >= 0.6 is 0 Å². The molecule has 3 nitrogen and oxygen atoms in total. The maximum absolute atomic E-state index is 11.5. The Bertz CT molecular complexity index is 366. The lowest BCUT2D eigenvalue weighted by Gasteiger charge is -2.43. The van der Waals surface area contributed by atoms with Gasteiger partial charge in [-0.25, -0.2) is 0 Å². The number of likely N-dealkylation sites (tertiary alicyclic amines) is 1. The van der Waals surface area contributed by atoms with Crippen molar-refractivity contribution >= 4 is 5.97 Å². The lowest BCUT2D eigenvalue weighted by atomic mass is 9.74. The van der Waals surface area contributed by atoms with Gasteiger partial charge in [0.2, 0.25) is 0 Å². The molecule has 3 rings (SSSR count). The van der Waals surface area contributed by atoms with Crippen molar-refractivity contribution in [3.8, 4) is 0 Å². The van der Waals surface area contributed by atoms with Gasteiger partial charge >= 0.3 is 5.97 Å². The van der Waals surface area contributed by atoms with Crippen molar-refractivity contribution in [3.63, 3.8) is 0 Å². The first-order valence-electron chi connectivity index (χ1n) is 7.97. The number of carbonyl (C=O) groups is 1. The molecule has 0 bridgehead atoms. The van der Waals surface area contributed by atoms with E-state index in [0.29, 0.717) is 5.92 Å². The summed E-state index contributed by atoms with van der Waals surface area (Å²) in [6.45, 7) is 6.02. The Morgan fingerprint density at radius 2 is 2.00 bits per heavy atom. The van der Waals surface area contributed by atoms with Gasteiger partial charge in [0, 0.05) is 12.6 Å². The molecule has 0 aromatic heterocycles. The van der Waals surface area contributed by atoms with Crippen LogP contribution in [0.5, 0.6) is 0 Å². The summed E-state index contributed by atoms with van der Waals surface area (Å²) >= 11 is 0. The molecule has 1 N–H and O–H groups in total. The van der Waals surface area contributed by atoms with E-state index in [1.807, 2.05) is 13.8 Å². The summed E-state index contributed by atoms with van der Waals surface area (Å²) < 4.78 is 0. The van der Waals surface area contributed by atoms with Gasteiger partial charge in [-0.15, -0.1) is 0 Å². The van der Waals surface area contributed by atoms with Crippen molar-refractivity contribution < 1.29 is 9.90 Å². The van der Waals surface area contributed by atoms with Crippen LogP contribution in [0.25, 0.3) is 0 Å². The van der Waals surface area contributed by atoms with Gasteiger partial charge in [0.1, 0.15) is 0 Å². The summed E-state index contributed by atoms with van der Waals surface area (Å²) in [4.78, 5) is 14.1. The fourth-order valence-electron chi connectivity index (χ4n) is 4.40. The van der Waals surface area contributed by atoms with Gasteiger partial charge in [-0.2, -0.15) is 0 Å². The highest BCUT2D eigenvalue weighted by atomic mass is 16.4. The van der Waals surface area contributed by atoms with Gasteiger partial charge in [-0.05, 0) is 63.8 Å². The smallest absolute Gasteiger partial charge is 0.309 e. The molecule has 1 aliphatic heterocycles. The van der Waals surface area contributed by atoms with Crippen molar-refractivity contribution in [2.24, 2.45) is 23.2 Å². The van der Waals surface area contributed by atoms with E-state index in [1.54, 1.807) is 0 Å². The molecule has 19 heavy (non-hydrogen) atoms. The van der Waals surface area contributed by atoms with Gasteiger partial charge in [0.15, 0.2) is 0 Å². The average molecular weight is 265 g/mol. The van der Waals surface area contributed by atoms with Crippen LogP contribution in [0.1, 0.15) is 52.4 Å². The van der Waals surface area contributed by atoms with Crippen molar-refractivity contribution in [3.05, 3.63) is 0 Å². The number of nitrogens with zero attached hydrogens (tertiary/aromatic N) is 1. The van der Waals surface area contributed by atoms with Crippen molar-refractivity contribution in [2.75, 3.05) is 13.1 Å². The minimum Gasteiger partial charge on any atom is -0.481 e. The molecule has 3 aliphatic rings. The third kappa shape index (κ3) is 2.42. The Labute approximate surface area is 116 Å². The lowest BCUT2D eigenvalue weighted by molar-refractivity contribution is -0.151. The van der Waals surface area contributed by atoms with Crippen molar-refractivity contribution in [1.29, 1.82) is 0 Å². The topological polar surface area (TPSA) is 40.5 Å². The molecule has 3 heteroatoms. The zero-order valence-corrected chi connectivity index (χ0v) is 12.3. The van der Waals surface area contributed by atoms with E-state index in [4.69, 9.17) is 0 Å². The van der Waals surface area contributed by atoms with Gasteiger partial charge < -0.3 is 5.11 Å². The minimum absolute atomic E-state index is 0.317. The number of rotatable bonds is 3. The summed E-state index contributed by atoms with van der Waals surface area (Å²) in [5.41, 5.74) is -0.573. The molecule has 4 unspecified atom stereocenters. The van der Waals surface area contributed by atoms with Gasteiger partial charge in [0.25, 0.3) is 0 Å². The molecule has 1 saturated heterocycles. The molecular formula is C16H27NO2. The van der Waals surface area contributed by atoms with E-state index in [2.05, 4.69) is 4.90 Å². The first-order chi connectivity index (χ1) is 9.00.